The number of carboxylic acids is 1. The first kappa shape index (κ1) is 17.5. The second-order valence-electron chi connectivity index (χ2n) is 9.73. The van der Waals surface area contributed by atoms with Gasteiger partial charge in [-0.3, -0.25) is 4.79 Å². The zero-order valence-corrected chi connectivity index (χ0v) is 15.1. The van der Waals surface area contributed by atoms with Gasteiger partial charge in [-0.15, -0.1) is 0 Å². The smallest absolute Gasteiger partial charge is 0.309 e. The van der Waals surface area contributed by atoms with Crippen molar-refractivity contribution in [2.24, 2.45) is 34.0 Å². The maximum Gasteiger partial charge on any atom is 0.309 e. The third-order valence-electron chi connectivity index (χ3n) is 8.66. The van der Waals surface area contributed by atoms with E-state index in [4.69, 9.17) is 0 Å². The fraction of sp³-hybridized carbons (Fsp3) is 0.850. The minimum absolute atomic E-state index is 0.00676. The molecule has 4 saturated carbocycles. The zero-order chi connectivity index (χ0) is 18.4. The minimum Gasteiger partial charge on any atom is -0.481 e. The summed E-state index contributed by atoms with van der Waals surface area (Å²) in [4.78, 5) is 12.1. The number of aliphatic hydroxyl groups is 3. The highest BCUT2D eigenvalue weighted by molar-refractivity contribution is 5.75. The van der Waals surface area contributed by atoms with E-state index in [1.165, 1.54) is 0 Å². The molecule has 0 amide bonds. The van der Waals surface area contributed by atoms with Crippen LogP contribution in [-0.2, 0) is 4.79 Å². The van der Waals surface area contributed by atoms with Crippen LogP contribution in [0.5, 0.6) is 0 Å². The first-order valence-corrected chi connectivity index (χ1v) is 9.53. The lowest BCUT2D eigenvalue weighted by molar-refractivity contribution is -0.260. The fourth-order valence-corrected chi connectivity index (χ4v) is 7.65. The lowest BCUT2D eigenvalue weighted by Gasteiger charge is -2.66. The van der Waals surface area contributed by atoms with Gasteiger partial charge in [0.2, 0.25) is 0 Å². The molecule has 5 nitrogen and oxygen atoms in total. The highest BCUT2D eigenvalue weighted by Crippen LogP contribution is 2.72. The number of carbonyl (C=O) groups is 1. The number of fused-ring (bicyclic) bond motifs is 3. The van der Waals surface area contributed by atoms with E-state index in [1.807, 2.05) is 0 Å². The van der Waals surface area contributed by atoms with Crippen LogP contribution < -0.4 is 0 Å². The second kappa shape index (κ2) is 5.08. The van der Waals surface area contributed by atoms with Crippen LogP contribution in [0.1, 0.15) is 52.4 Å². The molecule has 4 rings (SSSR count). The van der Waals surface area contributed by atoms with E-state index in [-0.39, 0.29) is 11.8 Å². The van der Waals surface area contributed by atoms with Gasteiger partial charge < -0.3 is 20.4 Å². The van der Waals surface area contributed by atoms with E-state index in [9.17, 15) is 25.2 Å². The summed E-state index contributed by atoms with van der Waals surface area (Å²) in [6, 6.07) is 0. The van der Waals surface area contributed by atoms with E-state index < -0.39 is 46.4 Å². The maximum atomic E-state index is 12.1. The molecular weight excluding hydrogens is 320 g/mol. The average molecular weight is 350 g/mol. The summed E-state index contributed by atoms with van der Waals surface area (Å²) in [5.41, 5.74) is -0.949. The summed E-state index contributed by atoms with van der Waals surface area (Å²) in [6.45, 7) is 7.94. The molecule has 0 aromatic heterocycles. The largest absolute Gasteiger partial charge is 0.481 e. The van der Waals surface area contributed by atoms with Crippen molar-refractivity contribution < 1.29 is 25.2 Å². The summed E-state index contributed by atoms with van der Waals surface area (Å²) in [5.74, 6) is -1.40. The molecule has 0 aromatic rings. The minimum atomic E-state index is -1.05. The Morgan fingerprint density at radius 3 is 2.52 bits per heavy atom. The molecule has 25 heavy (non-hydrogen) atoms. The van der Waals surface area contributed by atoms with E-state index >= 15 is 0 Å². The summed E-state index contributed by atoms with van der Waals surface area (Å²) < 4.78 is 0. The average Bonchev–Trinajstić information content (AvgIpc) is 2.83. The molecule has 9 atom stereocenters. The van der Waals surface area contributed by atoms with Crippen molar-refractivity contribution in [3.8, 4) is 0 Å². The van der Waals surface area contributed by atoms with E-state index in [0.29, 0.717) is 25.7 Å². The second-order valence-corrected chi connectivity index (χ2v) is 9.73. The van der Waals surface area contributed by atoms with Crippen molar-refractivity contribution in [3.05, 3.63) is 12.2 Å². The predicted molar refractivity (Wildman–Crippen MR) is 91.6 cm³/mol. The van der Waals surface area contributed by atoms with Crippen LogP contribution in [-0.4, -0.2) is 44.7 Å². The van der Waals surface area contributed by atoms with E-state index in [0.717, 1.165) is 18.4 Å². The van der Waals surface area contributed by atoms with Crippen LogP contribution in [0, 0.1) is 34.0 Å². The van der Waals surface area contributed by atoms with Gasteiger partial charge in [0, 0.05) is 17.3 Å². The van der Waals surface area contributed by atoms with Crippen molar-refractivity contribution in [2.45, 2.75) is 70.7 Å². The van der Waals surface area contributed by atoms with Crippen molar-refractivity contribution >= 4 is 5.97 Å². The molecule has 4 N–H and O–H groups in total. The number of rotatable bonds is 1. The highest BCUT2D eigenvalue weighted by Gasteiger charge is 2.72. The van der Waals surface area contributed by atoms with Crippen molar-refractivity contribution in [3.63, 3.8) is 0 Å². The zero-order valence-electron chi connectivity index (χ0n) is 15.1. The summed E-state index contributed by atoms with van der Waals surface area (Å²) in [6.07, 6.45) is 1.51. The number of aliphatic carboxylic acids is 1. The topological polar surface area (TPSA) is 98.0 Å². The van der Waals surface area contributed by atoms with Crippen LogP contribution in [0.25, 0.3) is 0 Å². The van der Waals surface area contributed by atoms with Crippen LogP contribution >= 0.6 is 0 Å². The molecular formula is C20H30O5. The van der Waals surface area contributed by atoms with E-state index in [1.54, 1.807) is 6.92 Å². The molecule has 0 saturated heterocycles. The Balaban J connectivity index is 1.86. The Kier molecular flexibility index (Phi) is 3.56. The quantitative estimate of drug-likeness (QED) is 0.542. The molecule has 2 bridgehead atoms. The summed E-state index contributed by atoms with van der Waals surface area (Å²) in [5, 5.41) is 42.9. The Labute approximate surface area is 148 Å². The number of aliphatic hydroxyl groups excluding tert-OH is 3. The summed E-state index contributed by atoms with van der Waals surface area (Å²) >= 11 is 0. The van der Waals surface area contributed by atoms with Crippen LogP contribution in [0.2, 0.25) is 0 Å². The molecule has 0 heterocycles. The molecule has 140 valence electrons. The normalized spacial score (nSPS) is 57.7. The number of carboxylic acid groups (broad SMARTS) is 1. The molecule has 1 spiro atoms. The van der Waals surface area contributed by atoms with Crippen LogP contribution in [0.3, 0.4) is 0 Å². The molecule has 0 aromatic carbocycles. The third-order valence-corrected chi connectivity index (χ3v) is 8.66. The molecule has 4 fully saturated rings. The lowest BCUT2D eigenvalue weighted by Crippen LogP contribution is -2.69. The van der Waals surface area contributed by atoms with Crippen LogP contribution in [0.15, 0.2) is 12.2 Å². The highest BCUT2D eigenvalue weighted by atomic mass is 16.4. The van der Waals surface area contributed by atoms with E-state index in [2.05, 4.69) is 13.5 Å². The van der Waals surface area contributed by atoms with Gasteiger partial charge in [-0.2, -0.15) is 0 Å². The van der Waals surface area contributed by atoms with Gasteiger partial charge in [-0.25, -0.2) is 0 Å². The first-order valence-electron chi connectivity index (χ1n) is 9.53. The lowest BCUT2D eigenvalue weighted by atomic mass is 9.39. The van der Waals surface area contributed by atoms with Gasteiger partial charge in [0.25, 0.3) is 0 Å². The first-order chi connectivity index (χ1) is 11.6. The standard InChI is InChI=1S/C20H30O5/c1-10-8-20-9-11(10)12(21)7-13(20)18(2)5-4-6-19(3,17(24)25)15(18)14(22)16(20)23/h11-16,21-23H,1,4-9H2,2-3H3,(H,24,25). The Morgan fingerprint density at radius 2 is 1.88 bits per heavy atom. The molecule has 0 aliphatic heterocycles. The van der Waals surface area contributed by atoms with Gasteiger partial charge in [-0.05, 0) is 50.4 Å². The van der Waals surface area contributed by atoms with Crippen molar-refractivity contribution in [1.29, 1.82) is 0 Å². The molecule has 4 aliphatic rings. The van der Waals surface area contributed by atoms with Crippen LogP contribution in [0.4, 0.5) is 0 Å². The third kappa shape index (κ3) is 1.92. The molecule has 5 heteroatoms. The van der Waals surface area contributed by atoms with Gasteiger partial charge in [-0.1, -0.05) is 25.5 Å². The number of hydrogen-bond donors (Lipinski definition) is 4. The Hall–Kier alpha value is -0.910. The summed E-state index contributed by atoms with van der Waals surface area (Å²) in [7, 11) is 0. The van der Waals surface area contributed by atoms with Gasteiger partial charge in [0.1, 0.15) is 0 Å². The van der Waals surface area contributed by atoms with Gasteiger partial charge in [0.05, 0.1) is 23.7 Å². The Morgan fingerprint density at radius 1 is 1.20 bits per heavy atom. The Bertz CT molecular complexity index is 632. The monoisotopic (exact) mass is 350 g/mol. The van der Waals surface area contributed by atoms with Gasteiger partial charge in [0.15, 0.2) is 0 Å². The number of hydrogen-bond acceptors (Lipinski definition) is 4. The molecule has 9 unspecified atom stereocenters. The molecule has 4 aliphatic carbocycles. The SMILES string of the molecule is C=C1CC23CC1C(O)CC2C1(C)CCCC(C)(C(=O)O)C1C(O)C3O. The van der Waals surface area contributed by atoms with Gasteiger partial charge >= 0.3 is 5.97 Å². The fourth-order valence-electron chi connectivity index (χ4n) is 7.65. The van der Waals surface area contributed by atoms with Crippen molar-refractivity contribution in [1.82, 2.24) is 0 Å². The molecule has 0 radical (unpaired) electrons. The predicted octanol–water partition coefficient (Wildman–Crippen LogP) is 1.95. The van der Waals surface area contributed by atoms with Crippen molar-refractivity contribution in [2.75, 3.05) is 0 Å². The maximum absolute atomic E-state index is 12.1.